The summed E-state index contributed by atoms with van der Waals surface area (Å²) >= 11 is 11.8. The van der Waals surface area contributed by atoms with Crippen LogP contribution in [0.4, 0.5) is 5.69 Å². The number of aryl methyl sites for hydroxylation is 1. The van der Waals surface area contributed by atoms with Crippen LogP contribution in [0.1, 0.15) is 18.9 Å². The second-order valence-corrected chi connectivity index (χ2v) is 5.71. The van der Waals surface area contributed by atoms with E-state index >= 15 is 0 Å². The second kappa shape index (κ2) is 7.43. The van der Waals surface area contributed by atoms with Crippen molar-refractivity contribution < 1.29 is 9.36 Å². The fourth-order valence-corrected chi connectivity index (χ4v) is 2.57. The molecule has 0 fully saturated rings. The molecule has 2 rings (SSSR count). The molecule has 0 saturated carbocycles. The predicted octanol–water partition coefficient (Wildman–Crippen LogP) is 3.87. The number of carbonyl (C=O) groups excluding carboxylic acids is 1. The summed E-state index contributed by atoms with van der Waals surface area (Å²) in [6, 6.07) is 9.03. The summed E-state index contributed by atoms with van der Waals surface area (Å²) in [6.45, 7) is 2.39. The summed E-state index contributed by atoms with van der Waals surface area (Å²) in [6.07, 6.45) is 5.99. The molecule has 5 heteroatoms. The summed E-state index contributed by atoms with van der Waals surface area (Å²) in [4.78, 5) is 12.0. The molecule has 1 aromatic heterocycles. The molecule has 0 aliphatic carbocycles. The lowest BCUT2D eigenvalue weighted by Gasteiger charge is -2.05. The molecule has 110 valence electrons. The lowest BCUT2D eigenvalue weighted by Crippen LogP contribution is -2.39. The minimum atomic E-state index is -0.124. The first-order chi connectivity index (χ1) is 10.1. The predicted molar refractivity (Wildman–Crippen MR) is 85.7 cm³/mol. The zero-order valence-corrected chi connectivity index (χ0v) is 13.3. The maximum atomic E-state index is 12.0. The monoisotopic (exact) mass is 323 g/mol. The van der Waals surface area contributed by atoms with E-state index < -0.39 is 0 Å². The highest BCUT2D eigenvalue weighted by atomic mass is 35.5. The summed E-state index contributed by atoms with van der Waals surface area (Å²) in [5, 5.41) is 3.77. The van der Waals surface area contributed by atoms with Crippen LogP contribution in [0.2, 0.25) is 10.0 Å². The number of rotatable bonds is 5. The maximum Gasteiger partial charge on any atom is 0.290 e. The number of benzene rings is 1. The zero-order valence-electron chi connectivity index (χ0n) is 11.8. The molecule has 1 amide bonds. The van der Waals surface area contributed by atoms with Crippen LogP contribution in [0, 0.1) is 0 Å². The number of halogens is 2. The highest BCUT2D eigenvalue weighted by Crippen LogP contribution is 2.22. The highest BCUT2D eigenvalue weighted by molar-refractivity contribution is 6.35. The van der Waals surface area contributed by atoms with Gasteiger partial charge >= 0.3 is 0 Å². The number of nitrogens with zero attached hydrogens (tertiary/aromatic N) is 1. The van der Waals surface area contributed by atoms with E-state index in [9.17, 15) is 4.79 Å². The third-order valence-electron chi connectivity index (χ3n) is 2.97. The van der Waals surface area contributed by atoms with Gasteiger partial charge in [0.15, 0.2) is 12.4 Å². The second-order valence-electron chi connectivity index (χ2n) is 4.84. The molecule has 0 spiro atoms. The molecular weight excluding hydrogens is 307 g/mol. The van der Waals surface area contributed by atoms with Gasteiger partial charge in [-0.3, -0.25) is 4.79 Å². The fraction of sp³-hybridized carbons (Fsp3) is 0.250. The summed E-state index contributed by atoms with van der Waals surface area (Å²) in [5.74, 6) is -0.124. The Balaban J connectivity index is 1.97. The van der Waals surface area contributed by atoms with Crippen molar-refractivity contribution in [1.29, 1.82) is 0 Å². The number of anilines is 1. The minimum absolute atomic E-state index is 0.124. The molecule has 0 atom stereocenters. The average molecular weight is 324 g/mol. The Hall–Kier alpha value is -1.58. The van der Waals surface area contributed by atoms with E-state index in [1.54, 1.807) is 18.2 Å². The van der Waals surface area contributed by atoms with Crippen LogP contribution in [0.15, 0.2) is 42.7 Å². The van der Waals surface area contributed by atoms with E-state index in [-0.39, 0.29) is 12.5 Å². The van der Waals surface area contributed by atoms with Crippen LogP contribution in [-0.4, -0.2) is 5.91 Å². The lowest BCUT2D eigenvalue weighted by molar-refractivity contribution is -0.684. The third kappa shape index (κ3) is 5.03. The first-order valence-corrected chi connectivity index (χ1v) is 7.56. The standard InChI is InChI=1S/C16H16Cl2N2O/c1-2-3-12-4-6-20(7-5-12)11-16(21)19-15-9-13(17)8-14(18)10-15/h4-10H,2-3,11H2,1H3/p+1. The van der Waals surface area contributed by atoms with Crippen LogP contribution in [-0.2, 0) is 17.8 Å². The average Bonchev–Trinajstić information content (AvgIpc) is 2.40. The van der Waals surface area contributed by atoms with Crippen molar-refractivity contribution in [3.05, 3.63) is 58.3 Å². The first-order valence-electron chi connectivity index (χ1n) is 6.80. The van der Waals surface area contributed by atoms with Crippen molar-refractivity contribution >= 4 is 34.8 Å². The number of amides is 1. The van der Waals surface area contributed by atoms with Crippen LogP contribution in [0.3, 0.4) is 0 Å². The Kier molecular flexibility index (Phi) is 5.59. The Morgan fingerprint density at radius 2 is 1.76 bits per heavy atom. The van der Waals surface area contributed by atoms with Crippen LogP contribution in [0.5, 0.6) is 0 Å². The lowest BCUT2D eigenvalue weighted by atomic mass is 10.2. The van der Waals surface area contributed by atoms with Gasteiger partial charge in [-0.15, -0.1) is 0 Å². The Bertz CT molecular complexity index is 606. The summed E-state index contributed by atoms with van der Waals surface area (Å²) in [5.41, 5.74) is 1.87. The van der Waals surface area contributed by atoms with Gasteiger partial charge in [0.2, 0.25) is 6.54 Å². The molecule has 2 aromatic rings. The van der Waals surface area contributed by atoms with E-state index in [1.165, 1.54) is 5.56 Å². The number of pyridine rings is 1. The van der Waals surface area contributed by atoms with E-state index in [0.717, 1.165) is 12.8 Å². The molecule has 0 radical (unpaired) electrons. The maximum absolute atomic E-state index is 12.0. The number of carbonyl (C=O) groups is 1. The molecule has 21 heavy (non-hydrogen) atoms. The van der Waals surface area contributed by atoms with Crippen LogP contribution >= 0.6 is 23.2 Å². The normalized spacial score (nSPS) is 10.4. The molecule has 0 aliphatic heterocycles. The van der Waals surface area contributed by atoms with Gasteiger partial charge in [-0.25, -0.2) is 0 Å². The number of hydrogen-bond acceptors (Lipinski definition) is 1. The van der Waals surface area contributed by atoms with Gasteiger partial charge < -0.3 is 5.32 Å². The van der Waals surface area contributed by atoms with Crippen molar-refractivity contribution in [3.63, 3.8) is 0 Å². The van der Waals surface area contributed by atoms with Gasteiger partial charge in [0.05, 0.1) is 0 Å². The smallest absolute Gasteiger partial charge is 0.290 e. The molecule has 1 N–H and O–H groups in total. The number of nitrogens with one attached hydrogen (secondary N) is 1. The first kappa shape index (κ1) is 15.8. The van der Waals surface area contributed by atoms with Gasteiger partial charge in [-0.05, 0) is 30.2 Å². The van der Waals surface area contributed by atoms with E-state index in [4.69, 9.17) is 23.2 Å². The van der Waals surface area contributed by atoms with E-state index in [2.05, 4.69) is 12.2 Å². The fourth-order valence-electron chi connectivity index (χ4n) is 2.04. The van der Waals surface area contributed by atoms with Crippen LogP contribution < -0.4 is 9.88 Å². The van der Waals surface area contributed by atoms with E-state index in [1.807, 2.05) is 29.1 Å². The molecule has 0 saturated heterocycles. The zero-order chi connectivity index (χ0) is 15.2. The molecule has 0 unspecified atom stereocenters. The van der Waals surface area contributed by atoms with Gasteiger partial charge in [-0.2, -0.15) is 4.57 Å². The molecule has 3 nitrogen and oxygen atoms in total. The molecule has 0 aliphatic rings. The van der Waals surface area contributed by atoms with Crippen molar-refractivity contribution in [3.8, 4) is 0 Å². The molecule has 0 bridgehead atoms. The topological polar surface area (TPSA) is 33.0 Å². The Labute approximate surface area is 134 Å². The van der Waals surface area contributed by atoms with Crippen molar-refractivity contribution in [1.82, 2.24) is 0 Å². The molecule has 1 heterocycles. The van der Waals surface area contributed by atoms with Crippen molar-refractivity contribution in [2.45, 2.75) is 26.3 Å². The van der Waals surface area contributed by atoms with Crippen molar-refractivity contribution in [2.75, 3.05) is 5.32 Å². The summed E-state index contributed by atoms with van der Waals surface area (Å²) < 4.78 is 1.83. The SMILES string of the molecule is CCCc1cc[n+](CC(=O)Nc2cc(Cl)cc(Cl)c2)cc1. The largest absolute Gasteiger partial charge is 0.320 e. The van der Waals surface area contributed by atoms with Crippen molar-refractivity contribution in [2.24, 2.45) is 0 Å². The highest BCUT2D eigenvalue weighted by Gasteiger charge is 2.10. The Morgan fingerprint density at radius 3 is 2.33 bits per heavy atom. The Morgan fingerprint density at radius 1 is 1.14 bits per heavy atom. The number of hydrogen-bond donors (Lipinski definition) is 1. The van der Waals surface area contributed by atoms with Gasteiger partial charge in [0.25, 0.3) is 5.91 Å². The van der Waals surface area contributed by atoms with Gasteiger partial charge in [0.1, 0.15) is 0 Å². The number of aromatic nitrogens is 1. The van der Waals surface area contributed by atoms with E-state index in [0.29, 0.717) is 15.7 Å². The quantitative estimate of drug-likeness (QED) is 0.832. The third-order valence-corrected chi connectivity index (χ3v) is 3.41. The van der Waals surface area contributed by atoms with Gasteiger partial charge in [-0.1, -0.05) is 36.5 Å². The van der Waals surface area contributed by atoms with Crippen LogP contribution in [0.25, 0.3) is 0 Å². The summed E-state index contributed by atoms with van der Waals surface area (Å²) in [7, 11) is 0. The molecule has 1 aromatic carbocycles. The minimum Gasteiger partial charge on any atom is -0.320 e. The molecular formula is C16H17Cl2N2O+. The van der Waals surface area contributed by atoms with Gasteiger partial charge in [0, 0.05) is 27.9 Å².